The molecule has 0 aromatic heterocycles. The van der Waals surface area contributed by atoms with Crippen molar-refractivity contribution in [3.63, 3.8) is 0 Å². The topological polar surface area (TPSA) is 92.8 Å². The first-order valence-electron chi connectivity index (χ1n) is 9.65. The van der Waals surface area contributed by atoms with Crippen molar-refractivity contribution in [1.82, 2.24) is 4.31 Å². The third kappa shape index (κ3) is 5.98. The molecule has 1 N–H and O–H groups in total. The van der Waals surface area contributed by atoms with Gasteiger partial charge in [0.1, 0.15) is 0 Å². The zero-order valence-electron chi connectivity index (χ0n) is 16.8. The van der Waals surface area contributed by atoms with Crippen molar-refractivity contribution in [2.45, 2.75) is 24.7 Å². The molecule has 0 radical (unpaired) electrons. The number of carbonyl (C=O) groups is 2. The number of rotatable bonds is 6. The number of sulfonamides is 1. The van der Waals surface area contributed by atoms with Gasteiger partial charge in [0.25, 0.3) is 5.91 Å². The fourth-order valence-electron chi connectivity index (χ4n) is 3.21. The summed E-state index contributed by atoms with van der Waals surface area (Å²) in [6.07, 6.45) is 0.641. The molecule has 0 atom stereocenters. The van der Waals surface area contributed by atoms with Gasteiger partial charge < -0.3 is 10.1 Å². The molecule has 1 heterocycles. The number of benzene rings is 2. The van der Waals surface area contributed by atoms with Gasteiger partial charge in [-0.15, -0.1) is 0 Å². The lowest BCUT2D eigenvalue weighted by Crippen LogP contribution is -2.40. The summed E-state index contributed by atoms with van der Waals surface area (Å²) in [5.74, 6) is -1.45. The number of nitrogens with one attached hydrogen (secondary N) is 1. The molecule has 1 amide bonds. The Morgan fingerprint density at radius 2 is 1.74 bits per heavy atom. The van der Waals surface area contributed by atoms with Crippen molar-refractivity contribution in [1.29, 1.82) is 0 Å². The highest BCUT2D eigenvalue weighted by molar-refractivity contribution is 7.89. The van der Waals surface area contributed by atoms with Gasteiger partial charge in [-0.2, -0.15) is 4.31 Å². The smallest absolute Gasteiger partial charge is 0.309 e. The number of nitrogens with zero attached hydrogens (tertiary/aromatic N) is 1. The number of hydrogen-bond acceptors (Lipinski definition) is 5. The summed E-state index contributed by atoms with van der Waals surface area (Å²) in [5, 5.41) is 3.60. The number of esters is 1. The summed E-state index contributed by atoms with van der Waals surface area (Å²) in [7, 11) is -3.65. The largest absolute Gasteiger partial charge is 0.455 e. The lowest BCUT2D eigenvalue weighted by atomic mass is 9.98. The molecule has 2 aromatic rings. The highest BCUT2D eigenvalue weighted by Gasteiger charge is 2.33. The monoisotopic (exact) mass is 484 g/mol. The second-order valence-electron chi connectivity index (χ2n) is 7.25. The molecule has 1 aliphatic heterocycles. The summed E-state index contributed by atoms with van der Waals surface area (Å²) >= 11 is 11.8. The third-order valence-electron chi connectivity index (χ3n) is 5.04. The average molecular weight is 485 g/mol. The molecule has 1 fully saturated rings. The number of halogens is 2. The van der Waals surface area contributed by atoms with Gasteiger partial charge in [-0.3, -0.25) is 9.59 Å². The summed E-state index contributed by atoms with van der Waals surface area (Å²) < 4.78 is 31.9. The minimum absolute atomic E-state index is 0.158. The van der Waals surface area contributed by atoms with Gasteiger partial charge in [-0.05, 0) is 61.7 Å². The Morgan fingerprint density at radius 3 is 2.35 bits per heavy atom. The highest BCUT2D eigenvalue weighted by atomic mass is 35.5. The molecular formula is C21H22Cl2N2O5S. The number of hydrogen-bond donors (Lipinski definition) is 1. The Kier molecular flexibility index (Phi) is 7.59. The summed E-state index contributed by atoms with van der Waals surface area (Å²) in [6, 6.07) is 11.1. The van der Waals surface area contributed by atoms with Crippen LogP contribution in [0.3, 0.4) is 0 Å². The Bertz CT molecular complexity index is 1070. The first kappa shape index (κ1) is 23.5. The van der Waals surface area contributed by atoms with E-state index < -0.39 is 34.4 Å². The molecule has 7 nitrogen and oxygen atoms in total. The van der Waals surface area contributed by atoms with E-state index in [1.807, 2.05) is 6.92 Å². The third-order valence-corrected chi connectivity index (χ3v) is 7.61. The molecule has 0 aliphatic carbocycles. The van der Waals surface area contributed by atoms with E-state index in [2.05, 4.69) is 5.32 Å². The lowest BCUT2D eigenvalue weighted by Gasteiger charge is -2.30. The molecule has 1 aliphatic rings. The predicted molar refractivity (Wildman–Crippen MR) is 119 cm³/mol. The SMILES string of the molecule is Cc1ccc(NC(=O)COC(=O)C2CCN(S(=O)(=O)c3ccc(Cl)cc3)CC2)cc1Cl. The van der Waals surface area contributed by atoms with Crippen molar-refractivity contribution in [2.75, 3.05) is 25.0 Å². The Labute approximate surface area is 191 Å². The molecule has 10 heteroatoms. The van der Waals surface area contributed by atoms with E-state index in [4.69, 9.17) is 27.9 Å². The standard InChI is InChI=1S/C21H22Cl2N2O5S/c1-14-2-5-17(12-19(14)23)24-20(26)13-30-21(27)15-8-10-25(11-9-15)31(28,29)18-6-3-16(22)4-7-18/h2-7,12,15H,8-11,13H2,1H3,(H,24,26). The van der Waals surface area contributed by atoms with Gasteiger partial charge >= 0.3 is 5.97 Å². The molecule has 0 bridgehead atoms. The Hall–Kier alpha value is -2.13. The van der Waals surface area contributed by atoms with Crippen LogP contribution >= 0.6 is 23.2 Å². The summed E-state index contributed by atoms with van der Waals surface area (Å²) in [4.78, 5) is 24.5. The number of piperidine rings is 1. The summed E-state index contributed by atoms with van der Waals surface area (Å²) in [5.41, 5.74) is 1.40. The van der Waals surface area contributed by atoms with Crippen LogP contribution in [0.2, 0.25) is 10.0 Å². The average Bonchev–Trinajstić information content (AvgIpc) is 2.75. The van der Waals surface area contributed by atoms with Gasteiger partial charge in [0, 0.05) is 28.8 Å². The van der Waals surface area contributed by atoms with Crippen molar-refractivity contribution < 1.29 is 22.7 Å². The van der Waals surface area contributed by atoms with Crippen molar-refractivity contribution in [2.24, 2.45) is 5.92 Å². The maximum absolute atomic E-state index is 12.7. The van der Waals surface area contributed by atoms with E-state index in [0.29, 0.717) is 28.6 Å². The number of amides is 1. The minimum atomic E-state index is -3.65. The van der Waals surface area contributed by atoms with Crippen LogP contribution in [0, 0.1) is 12.8 Å². The van der Waals surface area contributed by atoms with E-state index in [1.165, 1.54) is 28.6 Å². The van der Waals surface area contributed by atoms with Gasteiger partial charge in [0.05, 0.1) is 10.8 Å². The molecule has 0 unspecified atom stereocenters. The second kappa shape index (κ2) is 9.99. The number of carbonyl (C=O) groups excluding carboxylic acids is 2. The van der Waals surface area contributed by atoms with Crippen molar-refractivity contribution >= 4 is 50.8 Å². The van der Waals surface area contributed by atoms with Gasteiger partial charge in [-0.25, -0.2) is 8.42 Å². The molecule has 0 spiro atoms. The fraction of sp³-hybridized carbons (Fsp3) is 0.333. The molecule has 0 saturated carbocycles. The lowest BCUT2D eigenvalue weighted by molar-refractivity contribution is -0.152. The first-order valence-corrected chi connectivity index (χ1v) is 11.8. The molecule has 3 rings (SSSR count). The number of anilines is 1. The van der Waals surface area contributed by atoms with Gasteiger partial charge in [-0.1, -0.05) is 29.3 Å². The van der Waals surface area contributed by atoms with Crippen molar-refractivity contribution in [3.05, 3.63) is 58.1 Å². The minimum Gasteiger partial charge on any atom is -0.455 e. The van der Waals surface area contributed by atoms with Crippen molar-refractivity contribution in [3.8, 4) is 0 Å². The second-order valence-corrected chi connectivity index (χ2v) is 10.0. The molecular weight excluding hydrogens is 463 g/mol. The maximum Gasteiger partial charge on any atom is 0.309 e. The van der Waals surface area contributed by atoms with Gasteiger partial charge in [0.15, 0.2) is 6.61 Å². The maximum atomic E-state index is 12.7. The zero-order chi connectivity index (χ0) is 22.6. The fourth-order valence-corrected chi connectivity index (χ4v) is 4.99. The highest BCUT2D eigenvalue weighted by Crippen LogP contribution is 2.25. The first-order chi connectivity index (χ1) is 14.7. The Balaban J connectivity index is 1.48. The van der Waals surface area contributed by atoms with E-state index in [1.54, 1.807) is 18.2 Å². The van der Waals surface area contributed by atoms with E-state index in [9.17, 15) is 18.0 Å². The number of aryl methyl sites for hydroxylation is 1. The molecule has 2 aromatic carbocycles. The quantitative estimate of drug-likeness (QED) is 0.627. The Morgan fingerprint density at radius 1 is 1.10 bits per heavy atom. The molecule has 1 saturated heterocycles. The van der Waals surface area contributed by atoms with E-state index in [-0.39, 0.29) is 18.0 Å². The van der Waals surface area contributed by atoms with Crippen LogP contribution in [-0.4, -0.2) is 44.3 Å². The van der Waals surface area contributed by atoms with Crippen LogP contribution in [-0.2, 0) is 24.3 Å². The summed E-state index contributed by atoms with van der Waals surface area (Å²) in [6.45, 7) is 1.81. The van der Waals surface area contributed by atoms with Crippen LogP contribution in [0.1, 0.15) is 18.4 Å². The zero-order valence-corrected chi connectivity index (χ0v) is 19.1. The number of ether oxygens (including phenoxy) is 1. The van der Waals surface area contributed by atoms with E-state index in [0.717, 1.165) is 5.56 Å². The molecule has 166 valence electrons. The van der Waals surface area contributed by atoms with Crippen LogP contribution in [0.25, 0.3) is 0 Å². The molecule has 31 heavy (non-hydrogen) atoms. The van der Waals surface area contributed by atoms with Crippen LogP contribution in [0.15, 0.2) is 47.4 Å². The van der Waals surface area contributed by atoms with E-state index >= 15 is 0 Å². The normalized spacial score (nSPS) is 15.5. The predicted octanol–water partition coefficient (Wildman–Crippen LogP) is 3.88. The van der Waals surface area contributed by atoms with Crippen LogP contribution in [0.4, 0.5) is 5.69 Å². The van der Waals surface area contributed by atoms with Crippen LogP contribution in [0.5, 0.6) is 0 Å². The van der Waals surface area contributed by atoms with Crippen LogP contribution < -0.4 is 5.32 Å². The van der Waals surface area contributed by atoms with Gasteiger partial charge in [0.2, 0.25) is 10.0 Å².